The molecule has 25 heavy (non-hydrogen) atoms. The van der Waals surface area contributed by atoms with Gasteiger partial charge in [0.05, 0.1) is 25.2 Å². The van der Waals surface area contributed by atoms with Gasteiger partial charge < -0.3 is 4.48 Å². The Morgan fingerprint density at radius 1 is 1.24 bits per heavy atom. The summed E-state index contributed by atoms with van der Waals surface area (Å²) in [6.45, 7) is 10.8. The Labute approximate surface area is 165 Å². The van der Waals surface area contributed by atoms with Crippen molar-refractivity contribution in [3.05, 3.63) is 33.8 Å². The van der Waals surface area contributed by atoms with E-state index in [2.05, 4.69) is 47.9 Å². The van der Waals surface area contributed by atoms with Gasteiger partial charge in [0.25, 0.3) is 0 Å². The van der Waals surface area contributed by atoms with E-state index < -0.39 is 0 Å². The maximum Gasteiger partial charge on any atom is 0.106 e. The molecule has 0 saturated heterocycles. The van der Waals surface area contributed by atoms with Gasteiger partial charge in [-0.15, -0.1) is 0 Å². The standard InChI is InChI=1S/C22H36Cl2N/c1-16-8-7-13-22(3,4)20(16)12-9-17(2)25(5,6)15-18-10-11-19(23)14-21(18)24/h10-11,14,16-17,20H,7-9,12-13,15H2,1-6H3/q+1. The van der Waals surface area contributed by atoms with Crippen molar-refractivity contribution in [1.29, 1.82) is 0 Å². The van der Waals surface area contributed by atoms with Crippen molar-refractivity contribution in [2.75, 3.05) is 14.1 Å². The Morgan fingerprint density at radius 2 is 1.92 bits per heavy atom. The zero-order valence-electron chi connectivity index (χ0n) is 16.9. The van der Waals surface area contributed by atoms with E-state index in [1.54, 1.807) is 0 Å². The molecule has 1 aliphatic carbocycles. The molecule has 1 fully saturated rings. The van der Waals surface area contributed by atoms with E-state index in [9.17, 15) is 0 Å². The minimum atomic E-state index is 0.494. The predicted molar refractivity (Wildman–Crippen MR) is 111 cm³/mol. The van der Waals surface area contributed by atoms with Crippen LogP contribution in [0.2, 0.25) is 10.0 Å². The summed E-state index contributed by atoms with van der Waals surface area (Å²) in [4.78, 5) is 0. The van der Waals surface area contributed by atoms with Gasteiger partial charge in [0.1, 0.15) is 6.54 Å². The molecule has 0 N–H and O–H groups in total. The highest BCUT2D eigenvalue weighted by Gasteiger charge is 2.37. The van der Waals surface area contributed by atoms with Crippen LogP contribution in [0.1, 0.15) is 65.4 Å². The molecular formula is C22H36Cl2N+. The van der Waals surface area contributed by atoms with Gasteiger partial charge >= 0.3 is 0 Å². The minimum Gasteiger partial charge on any atom is -0.322 e. The molecule has 1 saturated carbocycles. The smallest absolute Gasteiger partial charge is 0.106 e. The highest BCUT2D eigenvalue weighted by Crippen LogP contribution is 2.46. The molecule has 0 spiro atoms. The molecular weight excluding hydrogens is 349 g/mol. The lowest BCUT2D eigenvalue weighted by Gasteiger charge is -2.44. The van der Waals surface area contributed by atoms with Crippen molar-refractivity contribution in [1.82, 2.24) is 0 Å². The Balaban J connectivity index is 1.99. The normalized spacial score (nSPS) is 25.0. The van der Waals surface area contributed by atoms with E-state index in [1.807, 2.05) is 12.1 Å². The Kier molecular flexibility index (Phi) is 6.90. The van der Waals surface area contributed by atoms with Crippen LogP contribution in [-0.4, -0.2) is 24.6 Å². The number of rotatable bonds is 6. The quantitative estimate of drug-likeness (QED) is 0.454. The average Bonchev–Trinajstić information content (AvgIpc) is 2.48. The summed E-state index contributed by atoms with van der Waals surface area (Å²) in [6, 6.07) is 6.48. The predicted octanol–water partition coefficient (Wildman–Crippen LogP) is 7.20. The molecule has 1 aromatic carbocycles. The van der Waals surface area contributed by atoms with Gasteiger partial charge in [-0.1, -0.05) is 62.9 Å². The van der Waals surface area contributed by atoms with Crippen molar-refractivity contribution in [3.8, 4) is 0 Å². The second-order valence-corrected chi connectivity index (χ2v) is 10.4. The lowest BCUT2D eigenvalue weighted by Crippen LogP contribution is -2.47. The largest absolute Gasteiger partial charge is 0.322 e. The second kappa shape index (κ2) is 8.19. The first-order valence-corrected chi connectivity index (χ1v) is 10.5. The molecule has 3 unspecified atom stereocenters. The lowest BCUT2D eigenvalue weighted by atomic mass is 9.62. The maximum atomic E-state index is 6.40. The number of benzene rings is 1. The highest BCUT2D eigenvalue weighted by molar-refractivity contribution is 6.35. The fourth-order valence-electron chi connectivity index (χ4n) is 4.73. The molecule has 0 heterocycles. The van der Waals surface area contributed by atoms with Crippen LogP contribution < -0.4 is 0 Å². The van der Waals surface area contributed by atoms with E-state index in [0.29, 0.717) is 16.5 Å². The van der Waals surface area contributed by atoms with Crippen LogP contribution >= 0.6 is 23.2 Å². The van der Waals surface area contributed by atoms with Gasteiger partial charge in [0.15, 0.2) is 0 Å². The summed E-state index contributed by atoms with van der Waals surface area (Å²) in [5.74, 6) is 1.71. The van der Waals surface area contributed by atoms with Crippen molar-refractivity contribution in [2.45, 2.75) is 72.4 Å². The van der Waals surface area contributed by atoms with E-state index in [0.717, 1.165) is 27.9 Å². The molecule has 1 aromatic rings. The zero-order chi connectivity index (χ0) is 18.8. The molecule has 0 amide bonds. The third-order valence-electron chi connectivity index (χ3n) is 6.85. The first-order chi connectivity index (χ1) is 11.5. The van der Waals surface area contributed by atoms with Gasteiger partial charge in [-0.25, -0.2) is 0 Å². The molecule has 0 bridgehead atoms. The fraction of sp³-hybridized carbons (Fsp3) is 0.727. The van der Waals surface area contributed by atoms with Gasteiger partial charge in [-0.3, -0.25) is 0 Å². The van der Waals surface area contributed by atoms with Gasteiger partial charge in [0, 0.05) is 10.6 Å². The molecule has 1 nitrogen and oxygen atoms in total. The number of hydrogen-bond acceptors (Lipinski definition) is 0. The van der Waals surface area contributed by atoms with Crippen LogP contribution in [0, 0.1) is 17.3 Å². The Hall–Kier alpha value is -0.240. The van der Waals surface area contributed by atoms with Crippen LogP contribution in [0.15, 0.2) is 18.2 Å². The van der Waals surface area contributed by atoms with Crippen molar-refractivity contribution < 1.29 is 4.48 Å². The van der Waals surface area contributed by atoms with Gasteiger partial charge in [-0.05, 0) is 55.6 Å². The molecule has 2 rings (SSSR count). The van der Waals surface area contributed by atoms with Gasteiger partial charge in [-0.2, -0.15) is 0 Å². The topological polar surface area (TPSA) is 0 Å². The maximum absolute atomic E-state index is 6.40. The van der Waals surface area contributed by atoms with Crippen molar-refractivity contribution >= 4 is 23.2 Å². The minimum absolute atomic E-state index is 0.494. The number of hydrogen-bond donors (Lipinski definition) is 0. The van der Waals surface area contributed by atoms with E-state index in [1.165, 1.54) is 37.7 Å². The summed E-state index contributed by atoms with van der Waals surface area (Å²) in [7, 11) is 4.65. The third-order valence-corrected chi connectivity index (χ3v) is 7.44. The lowest BCUT2D eigenvalue weighted by molar-refractivity contribution is -0.926. The molecule has 0 aromatic heterocycles. The average molecular weight is 385 g/mol. The highest BCUT2D eigenvalue weighted by atomic mass is 35.5. The molecule has 3 atom stereocenters. The van der Waals surface area contributed by atoms with E-state index in [-0.39, 0.29) is 0 Å². The summed E-state index contributed by atoms with van der Waals surface area (Å²) < 4.78 is 0.961. The van der Waals surface area contributed by atoms with E-state index >= 15 is 0 Å². The molecule has 1 aliphatic rings. The van der Waals surface area contributed by atoms with Crippen LogP contribution in [0.5, 0.6) is 0 Å². The summed E-state index contributed by atoms with van der Waals surface area (Å²) in [5, 5.41) is 1.49. The Bertz CT molecular complexity index is 579. The van der Waals surface area contributed by atoms with Crippen LogP contribution in [0.25, 0.3) is 0 Å². The number of quaternary nitrogens is 1. The zero-order valence-corrected chi connectivity index (χ0v) is 18.4. The molecule has 3 heteroatoms. The molecule has 0 radical (unpaired) electrons. The van der Waals surface area contributed by atoms with Crippen LogP contribution in [-0.2, 0) is 6.54 Å². The first-order valence-electron chi connectivity index (χ1n) is 9.79. The first kappa shape index (κ1) is 21.1. The van der Waals surface area contributed by atoms with Gasteiger partial charge in [0.2, 0.25) is 0 Å². The van der Waals surface area contributed by atoms with Crippen molar-refractivity contribution in [3.63, 3.8) is 0 Å². The van der Waals surface area contributed by atoms with E-state index in [4.69, 9.17) is 23.2 Å². The molecule has 142 valence electrons. The third kappa shape index (κ3) is 5.37. The van der Waals surface area contributed by atoms with Crippen LogP contribution in [0.4, 0.5) is 0 Å². The number of halogens is 2. The summed E-state index contributed by atoms with van der Waals surface area (Å²) >= 11 is 12.4. The molecule has 0 aliphatic heterocycles. The monoisotopic (exact) mass is 384 g/mol. The van der Waals surface area contributed by atoms with Crippen molar-refractivity contribution in [2.24, 2.45) is 17.3 Å². The van der Waals surface area contributed by atoms with Crippen LogP contribution in [0.3, 0.4) is 0 Å². The summed E-state index contributed by atoms with van der Waals surface area (Å²) in [5.41, 5.74) is 1.68. The SMILES string of the molecule is CC1CCCC(C)(C)C1CCC(C)[N+](C)(C)Cc1ccc(Cl)cc1Cl. The fourth-order valence-corrected chi connectivity index (χ4v) is 5.19. The second-order valence-electron chi connectivity index (χ2n) is 9.56. The number of nitrogens with zero attached hydrogens (tertiary/aromatic N) is 1. The summed E-state index contributed by atoms with van der Waals surface area (Å²) in [6.07, 6.45) is 6.80. The Morgan fingerprint density at radius 3 is 2.52 bits per heavy atom.